The second-order valence-electron chi connectivity index (χ2n) is 5.31. The number of nitrogens with zero attached hydrogens (tertiary/aromatic N) is 1. The van der Waals surface area contributed by atoms with Gasteiger partial charge in [-0.25, -0.2) is 4.79 Å². The number of aliphatic carboxylic acids is 1. The number of carbonyl (C=O) groups excluding carboxylic acids is 2. The van der Waals surface area contributed by atoms with Gasteiger partial charge in [-0.1, -0.05) is 18.7 Å². The van der Waals surface area contributed by atoms with Gasteiger partial charge in [0.2, 0.25) is 0 Å². The van der Waals surface area contributed by atoms with Crippen LogP contribution in [0.15, 0.2) is 47.8 Å². The molecular weight excluding hydrogens is 316 g/mol. The lowest BCUT2D eigenvalue weighted by Gasteiger charge is -2.36. The molecule has 0 bridgehead atoms. The Hall–Kier alpha value is -3.16. The molecule has 1 heterocycles. The molecule has 0 fully saturated rings. The molecule has 1 aromatic rings. The quantitative estimate of drug-likeness (QED) is 0.487. The molecule has 2 rings (SSSR count). The number of rotatable bonds is 4. The Labute approximate surface area is 137 Å². The topological polar surface area (TPSA) is 122 Å². The maximum absolute atomic E-state index is 12.2. The summed E-state index contributed by atoms with van der Waals surface area (Å²) in [5.41, 5.74) is 0.661. The fourth-order valence-electron chi connectivity index (χ4n) is 2.85. The van der Waals surface area contributed by atoms with Gasteiger partial charge in [0.15, 0.2) is 0 Å². The van der Waals surface area contributed by atoms with Gasteiger partial charge in [0.05, 0.1) is 23.6 Å². The van der Waals surface area contributed by atoms with Gasteiger partial charge in [-0.3, -0.25) is 10.1 Å². The summed E-state index contributed by atoms with van der Waals surface area (Å²) in [5, 5.41) is 25.3. The highest BCUT2D eigenvalue weighted by Crippen LogP contribution is 2.41. The first-order valence-electron chi connectivity index (χ1n) is 6.98. The Balaban J connectivity index is 2.69. The Bertz CT molecular complexity index is 768. The second kappa shape index (κ2) is 6.53. The molecular formula is C16H15N2O6-. The number of ether oxygens (including phenoxy) is 1. The van der Waals surface area contributed by atoms with E-state index < -0.39 is 28.7 Å². The molecule has 0 radical (unpaired) electrons. The normalized spacial score (nSPS) is 20.3. The largest absolute Gasteiger partial charge is 0.549 e. The van der Waals surface area contributed by atoms with Gasteiger partial charge in [0.1, 0.15) is 0 Å². The van der Waals surface area contributed by atoms with Gasteiger partial charge >= 0.3 is 5.97 Å². The lowest BCUT2D eigenvalue weighted by atomic mass is 9.75. The summed E-state index contributed by atoms with van der Waals surface area (Å²) >= 11 is 0. The Morgan fingerprint density at radius 3 is 2.58 bits per heavy atom. The van der Waals surface area contributed by atoms with Crippen LogP contribution in [0.2, 0.25) is 0 Å². The minimum atomic E-state index is -1.45. The number of nitrogens with one attached hydrogen (secondary N) is 1. The maximum atomic E-state index is 12.2. The van der Waals surface area contributed by atoms with Crippen LogP contribution in [0.4, 0.5) is 5.69 Å². The van der Waals surface area contributed by atoms with E-state index in [1.54, 1.807) is 6.92 Å². The van der Waals surface area contributed by atoms with Crippen LogP contribution in [0.1, 0.15) is 18.4 Å². The predicted molar refractivity (Wildman–Crippen MR) is 81.3 cm³/mol. The number of nitro groups is 1. The summed E-state index contributed by atoms with van der Waals surface area (Å²) in [4.78, 5) is 34.2. The molecule has 1 N–H and O–H groups in total. The van der Waals surface area contributed by atoms with Gasteiger partial charge in [0.25, 0.3) is 5.69 Å². The number of non-ortho nitro benzene ring substituents is 1. The van der Waals surface area contributed by atoms with Crippen LogP contribution in [0, 0.1) is 16.0 Å². The van der Waals surface area contributed by atoms with Gasteiger partial charge in [-0.15, -0.1) is 0 Å². The first-order valence-corrected chi connectivity index (χ1v) is 6.98. The first kappa shape index (κ1) is 17.2. The smallest absolute Gasteiger partial charge is 0.336 e. The third-order valence-corrected chi connectivity index (χ3v) is 3.87. The number of carbonyl (C=O) groups is 2. The van der Waals surface area contributed by atoms with E-state index in [1.165, 1.54) is 31.4 Å². The molecule has 2 atom stereocenters. The van der Waals surface area contributed by atoms with Crippen molar-refractivity contribution < 1.29 is 24.4 Å². The van der Waals surface area contributed by atoms with Crippen LogP contribution < -0.4 is 10.4 Å². The summed E-state index contributed by atoms with van der Waals surface area (Å²) in [6.45, 7) is 5.24. The summed E-state index contributed by atoms with van der Waals surface area (Å²) in [7, 11) is 1.17. The van der Waals surface area contributed by atoms with E-state index in [-0.39, 0.29) is 17.0 Å². The van der Waals surface area contributed by atoms with E-state index in [0.717, 1.165) is 0 Å². The Morgan fingerprint density at radius 1 is 1.38 bits per heavy atom. The minimum Gasteiger partial charge on any atom is -0.549 e. The van der Waals surface area contributed by atoms with Crippen molar-refractivity contribution in [2.24, 2.45) is 5.92 Å². The predicted octanol–water partition coefficient (Wildman–Crippen LogP) is 0.608. The number of allylic oxidation sites excluding steroid dienone is 1. The number of methoxy groups -OCH3 is 1. The van der Waals surface area contributed by atoms with E-state index >= 15 is 0 Å². The molecule has 24 heavy (non-hydrogen) atoms. The second-order valence-corrected chi connectivity index (χ2v) is 5.31. The van der Waals surface area contributed by atoms with Crippen molar-refractivity contribution in [1.29, 1.82) is 0 Å². The van der Waals surface area contributed by atoms with Crippen molar-refractivity contribution in [3.8, 4) is 0 Å². The van der Waals surface area contributed by atoms with Crippen LogP contribution in [0.25, 0.3) is 0 Å². The highest BCUT2D eigenvalue weighted by molar-refractivity contribution is 5.93. The van der Waals surface area contributed by atoms with Crippen LogP contribution in [-0.4, -0.2) is 24.0 Å². The first-order chi connectivity index (χ1) is 11.3. The molecule has 0 saturated carbocycles. The monoisotopic (exact) mass is 331 g/mol. The molecule has 126 valence electrons. The standard InChI is InChI=1S/C16H16N2O6/c1-8-12(15(19)20)14(13(9(2)17-8)16(21)24-3)10-5-4-6-11(7-10)18(22)23/h4-7,12,14,17H,1H2,2-3H3,(H,19,20)/p-1. The van der Waals surface area contributed by atoms with Crippen molar-refractivity contribution >= 4 is 17.6 Å². The molecule has 1 aromatic carbocycles. The van der Waals surface area contributed by atoms with E-state index in [4.69, 9.17) is 4.74 Å². The number of hydrogen-bond acceptors (Lipinski definition) is 7. The summed E-state index contributed by atoms with van der Waals surface area (Å²) in [6, 6.07) is 5.45. The zero-order valence-electron chi connectivity index (χ0n) is 13.1. The average molecular weight is 331 g/mol. The molecule has 1 aliphatic rings. The van der Waals surface area contributed by atoms with Crippen LogP contribution in [0.5, 0.6) is 0 Å². The van der Waals surface area contributed by atoms with E-state index in [9.17, 15) is 24.8 Å². The molecule has 0 amide bonds. The lowest BCUT2D eigenvalue weighted by molar-refractivity contribution is -0.385. The molecule has 0 aromatic heterocycles. The van der Waals surface area contributed by atoms with Gasteiger partial charge in [-0.05, 0) is 12.5 Å². The average Bonchev–Trinajstić information content (AvgIpc) is 2.53. The van der Waals surface area contributed by atoms with Gasteiger partial charge < -0.3 is 20.0 Å². The molecule has 0 saturated heterocycles. The van der Waals surface area contributed by atoms with Gasteiger partial charge in [-0.2, -0.15) is 0 Å². The van der Waals surface area contributed by atoms with Crippen LogP contribution in [-0.2, 0) is 14.3 Å². The maximum Gasteiger partial charge on any atom is 0.336 e. The number of carboxylic acid groups (broad SMARTS) is 1. The third-order valence-electron chi connectivity index (χ3n) is 3.87. The lowest BCUT2D eigenvalue weighted by Crippen LogP contribution is -2.44. The van der Waals surface area contributed by atoms with Crippen molar-refractivity contribution in [2.45, 2.75) is 12.8 Å². The van der Waals surface area contributed by atoms with E-state index in [1.807, 2.05) is 0 Å². The Kier molecular flexibility index (Phi) is 4.68. The zero-order valence-corrected chi connectivity index (χ0v) is 13.1. The highest BCUT2D eigenvalue weighted by atomic mass is 16.6. The third kappa shape index (κ3) is 2.98. The summed E-state index contributed by atoms with van der Waals surface area (Å²) in [6.07, 6.45) is 0. The summed E-state index contributed by atoms with van der Waals surface area (Å²) in [5.74, 6) is -4.45. The van der Waals surface area contributed by atoms with Crippen LogP contribution in [0.3, 0.4) is 0 Å². The number of carboxylic acids is 1. The SMILES string of the molecule is C=C1NC(C)=C(C(=O)OC)C(c2cccc([N+](=O)[O-])c2)C1C(=O)[O-]. The summed E-state index contributed by atoms with van der Waals surface area (Å²) < 4.78 is 4.74. The number of benzene rings is 1. The Morgan fingerprint density at radius 2 is 2.04 bits per heavy atom. The molecule has 1 aliphatic heterocycles. The number of esters is 1. The van der Waals surface area contributed by atoms with E-state index in [2.05, 4.69) is 11.9 Å². The van der Waals surface area contributed by atoms with Crippen molar-refractivity contribution in [2.75, 3.05) is 7.11 Å². The number of hydrogen-bond donors (Lipinski definition) is 1. The molecule has 0 aliphatic carbocycles. The van der Waals surface area contributed by atoms with Crippen molar-refractivity contribution in [3.63, 3.8) is 0 Å². The highest BCUT2D eigenvalue weighted by Gasteiger charge is 2.39. The molecule has 0 spiro atoms. The fourth-order valence-corrected chi connectivity index (χ4v) is 2.85. The van der Waals surface area contributed by atoms with Crippen molar-refractivity contribution in [3.05, 3.63) is 63.5 Å². The van der Waals surface area contributed by atoms with Crippen LogP contribution >= 0.6 is 0 Å². The molecule has 8 nitrogen and oxygen atoms in total. The molecule has 8 heteroatoms. The van der Waals surface area contributed by atoms with E-state index in [0.29, 0.717) is 11.3 Å². The zero-order chi connectivity index (χ0) is 18.0. The van der Waals surface area contributed by atoms with Crippen molar-refractivity contribution in [1.82, 2.24) is 5.32 Å². The van der Waals surface area contributed by atoms with Gasteiger partial charge in [0, 0.05) is 35.4 Å². The fraction of sp³-hybridized carbons (Fsp3) is 0.250. The molecule has 2 unspecified atom stereocenters. The number of nitro benzene ring substituents is 1. The minimum absolute atomic E-state index is 0.0691.